The quantitative estimate of drug-likeness (QED) is 0.842. The summed E-state index contributed by atoms with van der Waals surface area (Å²) in [5, 5.41) is 3.45. The van der Waals surface area contributed by atoms with Gasteiger partial charge in [0, 0.05) is 18.9 Å². The Morgan fingerprint density at radius 3 is 3.07 bits per heavy atom. The van der Waals surface area contributed by atoms with Crippen LogP contribution in [0, 0.1) is 12.8 Å². The van der Waals surface area contributed by atoms with E-state index in [0.29, 0.717) is 0 Å². The Hall–Kier alpha value is -0.610. The molecule has 0 bridgehead atoms. The van der Waals surface area contributed by atoms with Crippen LogP contribution in [0.4, 0.5) is 0 Å². The zero-order valence-electron chi connectivity index (χ0n) is 9.07. The van der Waals surface area contributed by atoms with E-state index in [1.165, 1.54) is 17.9 Å². The maximum absolute atomic E-state index is 4.31. The molecule has 1 aliphatic heterocycles. The number of nitrogens with zero attached hydrogens (tertiary/aromatic N) is 2. The predicted octanol–water partition coefficient (Wildman–Crippen LogP) is 1.63. The summed E-state index contributed by atoms with van der Waals surface area (Å²) < 4.78 is 0. The molecule has 15 heavy (non-hydrogen) atoms. The van der Waals surface area contributed by atoms with Crippen LogP contribution < -0.4 is 5.32 Å². The summed E-state index contributed by atoms with van der Waals surface area (Å²) in [5.41, 5.74) is 2.01. The molecule has 1 aromatic rings. The van der Waals surface area contributed by atoms with Gasteiger partial charge >= 0.3 is 0 Å². The van der Waals surface area contributed by atoms with Crippen LogP contribution in [0.3, 0.4) is 0 Å². The first-order valence-electron chi connectivity index (χ1n) is 5.40. The Balaban J connectivity index is 1.71. The van der Waals surface area contributed by atoms with E-state index in [1.54, 1.807) is 0 Å². The van der Waals surface area contributed by atoms with Crippen molar-refractivity contribution < 1.29 is 0 Å². The van der Waals surface area contributed by atoms with Gasteiger partial charge in [0.25, 0.3) is 0 Å². The summed E-state index contributed by atoms with van der Waals surface area (Å²) in [5.74, 6) is 3.50. The standard InChI is InChI=1S/C11H17N3S/c1-9-4-14-11(7-13-9)6-12-5-10-2-3-15-8-10/h4,7,10,12H,2-3,5-6,8H2,1H3. The maximum Gasteiger partial charge on any atom is 0.0724 e. The molecule has 0 saturated carbocycles. The summed E-state index contributed by atoms with van der Waals surface area (Å²) >= 11 is 2.06. The maximum atomic E-state index is 4.31. The third-order valence-electron chi connectivity index (χ3n) is 2.60. The van der Waals surface area contributed by atoms with Crippen molar-refractivity contribution in [3.8, 4) is 0 Å². The Morgan fingerprint density at radius 2 is 2.40 bits per heavy atom. The van der Waals surface area contributed by atoms with Crippen molar-refractivity contribution in [3.05, 3.63) is 23.8 Å². The molecular weight excluding hydrogens is 206 g/mol. The number of hydrogen-bond acceptors (Lipinski definition) is 4. The van der Waals surface area contributed by atoms with Crippen LogP contribution >= 0.6 is 11.8 Å². The Kier molecular flexibility index (Phi) is 3.97. The van der Waals surface area contributed by atoms with Gasteiger partial charge in [0.2, 0.25) is 0 Å². The lowest BCUT2D eigenvalue weighted by atomic mass is 10.1. The molecule has 0 aliphatic carbocycles. The lowest BCUT2D eigenvalue weighted by Gasteiger charge is -2.09. The number of rotatable bonds is 4. The van der Waals surface area contributed by atoms with Gasteiger partial charge in [-0.25, -0.2) is 0 Å². The topological polar surface area (TPSA) is 37.8 Å². The molecule has 1 N–H and O–H groups in total. The van der Waals surface area contributed by atoms with Gasteiger partial charge in [-0.1, -0.05) is 0 Å². The number of aromatic nitrogens is 2. The molecule has 4 heteroatoms. The Morgan fingerprint density at radius 1 is 1.47 bits per heavy atom. The monoisotopic (exact) mass is 223 g/mol. The minimum Gasteiger partial charge on any atom is -0.311 e. The second-order valence-electron chi connectivity index (χ2n) is 4.01. The summed E-state index contributed by atoms with van der Waals surface area (Å²) in [6.45, 7) is 3.91. The summed E-state index contributed by atoms with van der Waals surface area (Å²) in [6, 6.07) is 0. The molecule has 0 aromatic carbocycles. The van der Waals surface area contributed by atoms with Gasteiger partial charge in [0.15, 0.2) is 0 Å². The highest BCUT2D eigenvalue weighted by Gasteiger charge is 2.14. The SMILES string of the molecule is Cc1cnc(CNCC2CCSC2)cn1. The van der Waals surface area contributed by atoms with E-state index in [4.69, 9.17) is 0 Å². The molecule has 82 valence electrons. The highest BCUT2D eigenvalue weighted by molar-refractivity contribution is 7.99. The average Bonchev–Trinajstić information content (AvgIpc) is 2.74. The minimum atomic E-state index is 0.842. The van der Waals surface area contributed by atoms with Crippen LogP contribution in [0.15, 0.2) is 12.4 Å². The minimum absolute atomic E-state index is 0.842. The molecule has 1 unspecified atom stereocenters. The molecule has 0 spiro atoms. The fourth-order valence-corrected chi connectivity index (χ4v) is 2.94. The van der Waals surface area contributed by atoms with Gasteiger partial charge in [-0.15, -0.1) is 0 Å². The molecule has 0 amide bonds. The lowest BCUT2D eigenvalue weighted by Crippen LogP contribution is -2.22. The number of aryl methyl sites for hydroxylation is 1. The predicted molar refractivity (Wildman–Crippen MR) is 63.9 cm³/mol. The molecule has 2 rings (SSSR count). The van der Waals surface area contributed by atoms with Gasteiger partial charge in [0.05, 0.1) is 11.4 Å². The van der Waals surface area contributed by atoms with E-state index >= 15 is 0 Å². The van der Waals surface area contributed by atoms with Crippen LogP contribution in [0.25, 0.3) is 0 Å². The molecule has 1 saturated heterocycles. The van der Waals surface area contributed by atoms with Gasteiger partial charge in [-0.2, -0.15) is 11.8 Å². The van der Waals surface area contributed by atoms with Crippen LogP contribution in [0.5, 0.6) is 0 Å². The smallest absolute Gasteiger partial charge is 0.0724 e. The van der Waals surface area contributed by atoms with Crippen molar-refractivity contribution in [2.45, 2.75) is 19.9 Å². The Bertz CT molecular complexity index is 293. The van der Waals surface area contributed by atoms with Crippen molar-refractivity contribution in [1.29, 1.82) is 0 Å². The second kappa shape index (κ2) is 5.47. The van der Waals surface area contributed by atoms with Crippen LogP contribution in [0.2, 0.25) is 0 Å². The zero-order valence-corrected chi connectivity index (χ0v) is 9.89. The van der Waals surface area contributed by atoms with Crippen molar-refractivity contribution in [2.24, 2.45) is 5.92 Å². The first-order valence-corrected chi connectivity index (χ1v) is 6.56. The van der Waals surface area contributed by atoms with E-state index in [-0.39, 0.29) is 0 Å². The summed E-state index contributed by atoms with van der Waals surface area (Å²) in [7, 11) is 0. The normalized spacial score (nSPS) is 20.7. The molecule has 0 radical (unpaired) electrons. The van der Waals surface area contributed by atoms with E-state index in [1.807, 2.05) is 19.3 Å². The van der Waals surface area contributed by atoms with Crippen LogP contribution in [0.1, 0.15) is 17.8 Å². The molecular formula is C11H17N3S. The highest BCUT2D eigenvalue weighted by atomic mass is 32.2. The lowest BCUT2D eigenvalue weighted by molar-refractivity contribution is 0.519. The van der Waals surface area contributed by atoms with Crippen molar-refractivity contribution in [2.75, 3.05) is 18.1 Å². The Labute approximate surface area is 95.1 Å². The molecule has 1 fully saturated rings. The van der Waals surface area contributed by atoms with Crippen LogP contribution in [-0.2, 0) is 6.54 Å². The van der Waals surface area contributed by atoms with Crippen molar-refractivity contribution in [3.63, 3.8) is 0 Å². The van der Waals surface area contributed by atoms with Crippen molar-refractivity contribution >= 4 is 11.8 Å². The fraction of sp³-hybridized carbons (Fsp3) is 0.636. The van der Waals surface area contributed by atoms with E-state index in [2.05, 4.69) is 27.0 Å². The van der Waals surface area contributed by atoms with E-state index in [9.17, 15) is 0 Å². The molecule has 1 atom stereocenters. The molecule has 1 aliphatic rings. The van der Waals surface area contributed by atoms with E-state index in [0.717, 1.165) is 30.4 Å². The third kappa shape index (κ3) is 3.47. The zero-order chi connectivity index (χ0) is 10.5. The number of thioether (sulfide) groups is 1. The largest absolute Gasteiger partial charge is 0.311 e. The average molecular weight is 223 g/mol. The molecule has 2 heterocycles. The van der Waals surface area contributed by atoms with Crippen molar-refractivity contribution in [1.82, 2.24) is 15.3 Å². The second-order valence-corrected chi connectivity index (χ2v) is 5.16. The van der Waals surface area contributed by atoms with Crippen LogP contribution in [-0.4, -0.2) is 28.0 Å². The summed E-state index contributed by atoms with van der Waals surface area (Å²) in [6.07, 6.45) is 5.03. The first kappa shape index (κ1) is 10.9. The fourth-order valence-electron chi connectivity index (χ4n) is 1.66. The first-order chi connectivity index (χ1) is 7.34. The number of hydrogen-bond donors (Lipinski definition) is 1. The van der Waals surface area contributed by atoms with E-state index < -0.39 is 0 Å². The summed E-state index contributed by atoms with van der Waals surface area (Å²) in [4.78, 5) is 8.54. The number of nitrogens with one attached hydrogen (secondary N) is 1. The van der Waals surface area contributed by atoms with Gasteiger partial charge in [-0.3, -0.25) is 9.97 Å². The van der Waals surface area contributed by atoms with Gasteiger partial charge in [0.1, 0.15) is 0 Å². The third-order valence-corrected chi connectivity index (χ3v) is 3.83. The molecule has 1 aromatic heterocycles. The highest BCUT2D eigenvalue weighted by Crippen LogP contribution is 2.22. The van der Waals surface area contributed by atoms with Gasteiger partial charge in [-0.05, 0) is 37.3 Å². The van der Waals surface area contributed by atoms with Gasteiger partial charge < -0.3 is 5.32 Å². The molecule has 3 nitrogen and oxygen atoms in total.